The minimum absolute atomic E-state index is 0.0300. The van der Waals surface area contributed by atoms with Crippen LogP contribution in [0.25, 0.3) is 0 Å². The summed E-state index contributed by atoms with van der Waals surface area (Å²) >= 11 is 0. The van der Waals surface area contributed by atoms with Crippen LogP contribution in [0.15, 0.2) is 12.2 Å². The number of allylic oxidation sites excluding steroid dienone is 2. The van der Waals surface area contributed by atoms with Crippen LogP contribution in [-0.4, -0.2) is 23.3 Å². The van der Waals surface area contributed by atoms with Gasteiger partial charge in [0.1, 0.15) is 0 Å². The highest BCUT2D eigenvalue weighted by molar-refractivity contribution is 5.73. The molecule has 3 rings (SSSR count). The zero-order valence-electron chi connectivity index (χ0n) is 6.51. The van der Waals surface area contributed by atoms with Crippen LogP contribution in [0.3, 0.4) is 0 Å². The van der Waals surface area contributed by atoms with E-state index in [1.54, 1.807) is 0 Å². The fraction of sp³-hybridized carbons (Fsp3) is 0.667. The second-order valence-electron chi connectivity index (χ2n) is 3.83. The standard InChI is InChI=1S/C9H10O3/c10-9(11)6-4-2-1-3-5(4)7-8(6)12-7/h1-2,4-8H,3H2,(H,10,11). The third-order valence-corrected chi connectivity index (χ3v) is 3.30. The molecule has 0 aromatic rings. The van der Waals surface area contributed by atoms with Crippen LogP contribution in [0.2, 0.25) is 0 Å². The van der Waals surface area contributed by atoms with E-state index in [4.69, 9.17) is 9.84 Å². The maximum absolute atomic E-state index is 10.9. The molecule has 5 atom stereocenters. The van der Waals surface area contributed by atoms with Crippen molar-refractivity contribution >= 4 is 5.97 Å². The molecule has 0 spiro atoms. The Bertz CT molecular complexity index is 271. The molecule has 64 valence electrons. The van der Waals surface area contributed by atoms with Crippen LogP contribution >= 0.6 is 0 Å². The van der Waals surface area contributed by atoms with Crippen molar-refractivity contribution in [3.63, 3.8) is 0 Å². The van der Waals surface area contributed by atoms with Crippen molar-refractivity contribution in [1.29, 1.82) is 0 Å². The largest absolute Gasteiger partial charge is 0.481 e. The number of fused-ring (bicyclic) bond motifs is 3. The van der Waals surface area contributed by atoms with Crippen LogP contribution < -0.4 is 0 Å². The molecule has 0 aromatic carbocycles. The van der Waals surface area contributed by atoms with Crippen LogP contribution in [0.5, 0.6) is 0 Å². The number of epoxide rings is 1. The summed E-state index contributed by atoms with van der Waals surface area (Å²) in [6.07, 6.45) is 5.44. The summed E-state index contributed by atoms with van der Waals surface area (Å²) in [5.74, 6) is -0.234. The monoisotopic (exact) mass is 166 g/mol. The third-order valence-electron chi connectivity index (χ3n) is 3.30. The SMILES string of the molecule is O=C(O)C1C2C=CCC2C2OC21. The van der Waals surface area contributed by atoms with Gasteiger partial charge < -0.3 is 9.84 Å². The summed E-state index contributed by atoms with van der Waals surface area (Å²) in [5, 5.41) is 8.94. The van der Waals surface area contributed by atoms with Gasteiger partial charge in [-0.3, -0.25) is 4.79 Å². The Morgan fingerprint density at radius 1 is 1.50 bits per heavy atom. The Morgan fingerprint density at radius 3 is 3.08 bits per heavy atom. The maximum atomic E-state index is 10.9. The van der Waals surface area contributed by atoms with E-state index >= 15 is 0 Å². The number of aliphatic carboxylic acids is 1. The first kappa shape index (κ1) is 6.66. The average Bonchev–Trinajstić information content (AvgIpc) is 2.55. The first-order valence-corrected chi connectivity index (χ1v) is 4.34. The van der Waals surface area contributed by atoms with Crippen LogP contribution in [0, 0.1) is 17.8 Å². The number of rotatable bonds is 1. The van der Waals surface area contributed by atoms with Crippen LogP contribution in [0.1, 0.15) is 6.42 Å². The van der Waals surface area contributed by atoms with E-state index in [2.05, 4.69) is 12.2 Å². The molecule has 1 N–H and O–H groups in total. The molecule has 1 saturated heterocycles. The summed E-state index contributed by atoms with van der Waals surface area (Å²) in [7, 11) is 0. The van der Waals surface area contributed by atoms with E-state index in [0.717, 1.165) is 6.42 Å². The van der Waals surface area contributed by atoms with Gasteiger partial charge in [-0.1, -0.05) is 12.2 Å². The summed E-state index contributed by atoms with van der Waals surface area (Å²) in [5.41, 5.74) is 0. The predicted molar refractivity (Wildman–Crippen MR) is 40.5 cm³/mol. The minimum Gasteiger partial charge on any atom is -0.481 e. The van der Waals surface area contributed by atoms with E-state index < -0.39 is 5.97 Å². The van der Waals surface area contributed by atoms with Crippen molar-refractivity contribution < 1.29 is 14.6 Å². The minimum atomic E-state index is -0.693. The molecule has 0 radical (unpaired) electrons. The van der Waals surface area contributed by atoms with Crippen molar-refractivity contribution in [2.45, 2.75) is 18.6 Å². The van der Waals surface area contributed by atoms with Crippen molar-refractivity contribution in [2.75, 3.05) is 0 Å². The van der Waals surface area contributed by atoms with Crippen molar-refractivity contribution in [1.82, 2.24) is 0 Å². The number of carboxylic acid groups (broad SMARTS) is 1. The second kappa shape index (κ2) is 1.91. The Balaban J connectivity index is 1.93. The van der Waals surface area contributed by atoms with Crippen molar-refractivity contribution in [3.05, 3.63) is 12.2 Å². The molecule has 3 aliphatic rings. The van der Waals surface area contributed by atoms with Gasteiger partial charge >= 0.3 is 5.97 Å². The van der Waals surface area contributed by atoms with Gasteiger partial charge in [-0.2, -0.15) is 0 Å². The fourth-order valence-corrected chi connectivity index (χ4v) is 2.73. The van der Waals surface area contributed by atoms with E-state index in [9.17, 15) is 4.79 Å². The molecular weight excluding hydrogens is 156 g/mol. The Morgan fingerprint density at radius 2 is 2.33 bits per heavy atom. The molecule has 5 unspecified atom stereocenters. The number of carbonyl (C=O) groups is 1. The van der Waals surface area contributed by atoms with Crippen LogP contribution in [-0.2, 0) is 9.53 Å². The fourth-order valence-electron chi connectivity index (χ4n) is 2.73. The van der Waals surface area contributed by atoms with E-state index in [1.807, 2.05) is 0 Å². The van der Waals surface area contributed by atoms with Crippen molar-refractivity contribution in [3.8, 4) is 0 Å². The zero-order chi connectivity index (χ0) is 8.29. The van der Waals surface area contributed by atoms with Gasteiger partial charge in [0.15, 0.2) is 0 Å². The highest BCUT2D eigenvalue weighted by atomic mass is 16.6. The van der Waals surface area contributed by atoms with Gasteiger partial charge in [-0.05, 0) is 18.3 Å². The highest BCUT2D eigenvalue weighted by Gasteiger charge is 2.64. The van der Waals surface area contributed by atoms with E-state index in [1.165, 1.54) is 0 Å². The lowest BCUT2D eigenvalue weighted by Gasteiger charge is -2.16. The lowest BCUT2D eigenvalue weighted by molar-refractivity contribution is -0.144. The predicted octanol–water partition coefficient (Wildman–Crippen LogP) is 0.661. The molecular formula is C9H10O3. The van der Waals surface area contributed by atoms with Gasteiger partial charge in [0, 0.05) is 0 Å². The third kappa shape index (κ3) is 0.630. The van der Waals surface area contributed by atoms with Gasteiger partial charge in [0.05, 0.1) is 18.1 Å². The summed E-state index contributed by atoms with van der Waals surface area (Å²) in [6.45, 7) is 0. The Hall–Kier alpha value is -0.830. The van der Waals surface area contributed by atoms with Gasteiger partial charge in [0.25, 0.3) is 0 Å². The molecule has 0 aromatic heterocycles. The number of hydrogen-bond acceptors (Lipinski definition) is 2. The lowest BCUT2D eigenvalue weighted by atomic mass is 9.91. The summed E-state index contributed by atoms with van der Waals surface area (Å²) in [4.78, 5) is 10.9. The molecule has 2 fully saturated rings. The Labute approximate surface area is 70.0 Å². The van der Waals surface area contributed by atoms with E-state index in [0.29, 0.717) is 5.92 Å². The molecule has 1 saturated carbocycles. The maximum Gasteiger partial charge on any atom is 0.309 e. The molecule has 0 bridgehead atoms. The number of ether oxygens (including phenoxy) is 1. The second-order valence-corrected chi connectivity index (χ2v) is 3.83. The van der Waals surface area contributed by atoms with Gasteiger partial charge in [0.2, 0.25) is 0 Å². The topological polar surface area (TPSA) is 49.8 Å². The smallest absolute Gasteiger partial charge is 0.309 e. The van der Waals surface area contributed by atoms with Gasteiger partial charge in [-0.25, -0.2) is 0 Å². The molecule has 3 heteroatoms. The molecule has 12 heavy (non-hydrogen) atoms. The first-order chi connectivity index (χ1) is 5.79. The van der Waals surface area contributed by atoms with Crippen LogP contribution in [0.4, 0.5) is 0 Å². The number of carboxylic acids is 1. The summed E-state index contributed by atoms with van der Waals surface area (Å²) in [6, 6.07) is 0. The van der Waals surface area contributed by atoms with Gasteiger partial charge in [-0.15, -0.1) is 0 Å². The molecule has 3 nitrogen and oxygen atoms in total. The van der Waals surface area contributed by atoms with E-state index in [-0.39, 0.29) is 24.0 Å². The quantitative estimate of drug-likeness (QED) is 0.460. The highest BCUT2D eigenvalue weighted by Crippen LogP contribution is 2.55. The zero-order valence-corrected chi connectivity index (χ0v) is 6.51. The Kier molecular flexibility index (Phi) is 1.06. The normalized spacial score (nSPS) is 53.5. The van der Waals surface area contributed by atoms with Crippen molar-refractivity contribution in [2.24, 2.45) is 17.8 Å². The molecule has 1 heterocycles. The molecule has 1 aliphatic heterocycles. The summed E-state index contributed by atoms with van der Waals surface area (Å²) < 4.78 is 5.32. The first-order valence-electron chi connectivity index (χ1n) is 4.34. The molecule has 2 aliphatic carbocycles. The molecule has 0 amide bonds. The number of hydrogen-bond donors (Lipinski definition) is 1. The average molecular weight is 166 g/mol. The lowest BCUT2D eigenvalue weighted by Crippen LogP contribution is -2.24.